The number of hydrogen-bond donors (Lipinski definition) is 2. The van der Waals surface area contributed by atoms with Gasteiger partial charge in [0.05, 0.1) is 20.8 Å². The van der Waals surface area contributed by atoms with E-state index >= 15 is 0 Å². The van der Waals surface area contributed by atoms with Gasteiger partial charge in [-0.3, -0.25) is 9.59 Å². The predicted molar refractivity (Wildman–Crippen MR) is 70.1 cm³/mol. The van der Waals surface area contributed by atoms with Crippen LogP contribution < -0.4 is 14.2 Å². The van der Waals surface area contributed by atoms with E-state index in [-0.39, 0.29) is 12.4 Å². The highest BCUT2D eigenvalue weighted by Crippen LogP contribution is 2.38. The molecule has 0 fully saturated rings. The Hall–Kier alpha value is -2.28. The van der Waals surface area contributed by atoms with Crippen LogP contribution in [0.5, 0.6) is 17.2 Å². The number of methoxy groups -OCH3 is 2. The summed E-state index contributed by atoms with van der Waals surface area (Å²) in [6.07, 6.45) is 0. The first kappa shape index (κ1) is 17.7. The van der Waals surface area contributed by atoms with E-state index in [4.69, 9.17) is 29.2 Å². The van der Waals surface area contributed by atoms with E-state index in [1.165, 1.54) is 21.1 Å². The van der Waals surface area contributed by atoms with Crippen LogP contribution in [0.15, 0.2) is 12.1 Å². The molecule has 0 aromatic heterocycles. The minimum absolute atomic E-state index is 0.146. The van der Waals surface area contributed by atoms with Crippen LogP contribution in [-0.2, 0) is 16.2 Å². The summed E-state index contributed by atoms with van der Waals surface area (Å²) >= 11 is 0. The molecule has 0 saturated carbocycles. The largest absolute Gasteiger partial charge is 0.493 e. The van der Waals surface area contributed by atoms with Gasteiger partial charge < -0.3 is 24.4 Å². The number of rotatable bonds is 4. The molecular formula is C13H18O7. The molecule has 7 heteroatoms. The summed E-state index contributed by atoms with van der Waals surface area (Å²) in [6.45, 7) is 2.23. The van der Waals surface area contributed by atoms with Gasteiger partial charge in [-0.1, -0.05) is 0 Å². The molecule has 0 aliphatic rings. The minimum atomic E-state index is -0.833. The van der Waals surface area contributed by atoms with Crippen molar-refractivity contribution in [1.82, 2.24) is 0 Å². The van der Waals surface area contributed by atoms with Crippen LogP contribution in [0.1, 0.15) is 19.4 Å². The first-order valence-corrected chi connectivity index (χ1v) is 5.59. The van der Waals surface area contributed by atoms with Crippen LogP contribution in [0.4, 0.5) is 0 Å². The number of carboxylic acid groups (broad SMARTS) is 1. The maximum atomic E-state index is 10.9. The number of benzene rings is 1. The highest BCUT2D eigenvalue weighted by Gasteiger charge is 2.15. The number of esters is 1. The van der Waals surface area contributed by atoms with Crippen LogP contribution in [0.2, 0.25) is 0 Å². The van der Waals surface area contributed by atoms with Gasteiger partial charge >= 0.3 is 5.97 Å². The summed E-state index contributed by atoms with van der Waals surface area (Å²) in [6, 6.07) is 3.17. The molecule has 0 aliphatic carbocycles. The molecule has 0 amide bonds. The molecule has 0 radical (unpaired) electrons. The normalized spacial score (nSPS) is 9.05. The Labute approximate surface area is 116 Å². The first-order chi connectivity index (χ1) is 9.35. The molecule has 0 aliphatic heterocycles. The molecule has 0 heterocycles. The molecule has 0 atom stereocenters. The minimum Gasteiger partial charge on any atom is -0.493 e. The Bertz CT molecular complexity index is 439. The lowest BCUT2D eigenvalue weighted by molar-refractivity contribution is -0.134. The second kappa shape index (κ2) is 8.76. The van der Waals surface area contributed by atoms with E-state index in [0.29, 0.717) is 17.1 Å². The van der Waals surface area contributed by atoms with Crippen molar-refractivity contribution in [2.45, 2.75) is 20.5 Å². The fraction of sp³-hybridized carbons (Fsp3) is 0.385. The third kappa shape index (κ3) is 6.05. The van der Waals surface area contributed by atoms with E-state index in [2.05, 4.69) is 0 Å². The van der Waals surface area contributed by atoms with Gasteiger partial charge in [0.2, 0.25) is 5.75 Å². The molecule has 0 bridgehead atoms. The third-order valence-electron chi connectivity index (χ3n) is 1.95. The van der Waals surface area contributed by atoms with Crippen LogP contribution in [0, 0.1) is 0 Å². The molecular weight excluding hydrogens is 268 g/mol. The van der Waals surface area contributed by atoms with E-state index in [0.717, 1.165) is 6.92 Å². The van der Waals surface area contributed by atoms with Gasteiger partial charge in [-0.05, 0) is 17.7 Å². The molecule has 1 aromatic carbocycles. The Morgan fingerprint density at radius 2 is 1.50 bits per heavy atom. The van der Waals surface area contributed by atoms with Crippen LogP contribution in [0.3, 0.4) is 0 Å². The highest BCUT2D eigenvalue weighted by molar-refractivity contribution is 5.72. The van der Waals surface area contributed by atoms with Gasteiger partial charge in [0.15, 0.2) is 11.5 Å². The molecule has 112 valence electrons. The summed E-state index contributed by atoms with van der Waals surface area (Å²) in [5, 5.41) is 16.4. The Morgan fingerprint density at radius 1 is 1.10 bits per heavy atom. The van der Waals surface area contributed by atoms with Gasteiger partial charge in [0, 0.05) is 13.8 Å². The van der Waals surface area contributed by atoms with Crippen LogP contribution >= 0.6 is 0 Å². The van der Waals surface area contributed by atoms with Gasteiger partial charge in [0.1, 0.15) is 0 Å². The first-order valence-electron chi connectivity index (χ1n) is 5.59. The van der Waals surface area contributed by atoms with Gasteiger partial charge in [-0.25, -0.2) is 0 Å². The van der Waals surface area contributed by atoms with Crippen molar-refractivity contribution in [3.63, 3.8) is 0 Å². The summed E-state index contributed by atoms with van der Waals surface area (Å²) < 4.78 is 15.1. The van der Waals surface area contributed by atoms with Gasteiger partial charge in [-0.2, -0.15) is 0 Å². The number of carbonyl (C=O) groups excluding carboxylic acids is 1. The number of aliphatic hydroxyl groups excluding tert-OH is 1. The molecule has 1 rings (SSSR count). The summed E-state index contributed by atoms with van der Waals surface area (Å²) in [5.74, 6) is -0.389. The van der Waals surface area contributed by atoms with Crippen molar-refractivity contribution in [1.29, 1.82) is 0 Å². The van der Waals surface area contributed by atoms with E-state index in [1.807, 2.05) is 0 Å². The van der Waals surface area contributed by atoms with Crippen molar-refractivity contribution in [2.24, 2.45) is 0 Å². The lowest BCUT2D eigenvalue weighted by atomic mass is 10.2. The molecule has 7 nitrogen and oxygen atoms in total. The van der Waals surface area contributed by atoms with Crippen molar-refractivity contribution in [3.8, 4) is 17.2 Å². The average molecular weight is 286 g/mol. The van der Waals surface area contributed by atoms with Crippen molar-refractivity contribution in [2.75, 3.05) is 14.2 Å². The zero-order valence-corrected chi connectivity index (χ0v) is 11.8. The second-order valence-corrected chi connectivity index (χ2v) is 3.60. The molecule has 0 unspecified atom stereocenters. The van der Waals surface area contributed by atoms with Gasteiger partial charge in [-0.15, -0.1) is 0 Å². The number of carboxylic acids is 1. The average Bonchev–Trinajstić information content (AvgIpc) is 2.37. The number of carbonyl (C=O) groups is 2. The number of hydrogen-bond acceptors (Lipinski definition) is 6. The van der Waals surface area contributed by atoms with Crippen molar-refractivity contribution in [3.05, 3.63) is 17.7 Å². The molecule has 1 aromatic rings. The lowest BCUT2D eigenvalue weighted by Gasteiger charge is -2.13. The summed E-state index contributed by atoms with van der Waals surface area (Å²) in [4.78, 5) is 19.9. The smallest absolute Gasteiger partial charge is 0.308 e. The monoisotopic (exact) mass is 286 g/mol. The Morgan fingerprint density at radius 3 is 1.75 bits per heavy atom. The number of ether oxygens (including phenoxy) is 3. The maximum Gasteiger partial charge on any atom is 0.308 e. The lowest BCUT2D eigenvalue weighted by Crippen LogP contribution is -2.05. The standard InChI is InChI=1S/C11H14O5.C2H4O2/c1-7(13)16-11-9(14-2)4-8(6-12)5-10(11)15-3;1-2(3)4/h4-5,12H,6H2,1-3H3;1H3,(H,3,4). The maximum absolute atomic E-state index is 10.9. The molecule has 0 spiro atoms. The molecule has 2 N–H and O–H groups in total. The fourth-order valence-electron chi connectivity index (χ4n) is 1.27. The summed E-state index contributed by atoms with van der Waals surface area (Å²) in [5.41, 5.74) is 0.615. The molecule has 0 saturated heterocycles. The van der Waals surface area contributed by atoms with Gasteiger partial charge in [0.25, 0.3) is 5.97 Å². The SMILES string of the molecule is CC(=O)O.COc1cc(CO)cc(OC)c1OC(C)=O. The van der Waals surface area contributed by atoms with Crippen LogP contribution in [0.25, 0.3) is 0 Å². The zero-order chi connectivity index (χ0) is 15.7. The Kier molecular flexibility index (Phi) is 7.76. The van der Waals surface area contributed by atoms with E-state index < -0.39 is 11.9 Å². The van der Waals surface area contributed by atoms with Crippen LogP contribution in [-0.4, -0.2) is 36.4 Å². The number of aliphatic hydroxyl groups is 1. The predicted octanol–water partition coefficient (Wildman–Crippen LogP) is 1.21. The van der Waals surface area contributed by atoms with Crippen molar-refractivity contribution >= 4 is 11.9 Å². The van der Waals surface area contributed by atoms with E-state index in [9.17, 15) is 4.79 Å². The summed E-state index contributed by atoms with van der Waals surface area (Å²) in [7, 11) is 2.89. The third-order valence-corrected chi connectivity index (χ3v) is 1.95. The number of aliphatic carboxylic acids is 1. The quantitative estimate of drug-likeness (QED) is 0.633. The zero-order valence-electron chi connectivity index (χ0n) is 11.8. The molecule has 20 heavy (non-hydrogen) atoms. The fourth-order valence-corrected chi connectivity index (χ4v) is 1.27. The second-order valence-electron chi connectivity index (χ2n) is 3.60. The van der Waals surface area contributed by atoms with E-state index in [1.54, 1.807) is 12.1 Å². The van der Waals surface area contributed by atoms with Crippen molar-refractivity contribution < 1.29 is 34.0 Å². The topological polar surface area (TPSA) is 102 Å². The Balaban J connectivity index is 0.000000796. The highest BCUT2D eigenvalue weighted by atomic mass is 16.6.